The Morgan fingerprint density at radius 2 is 1.83 bits per heavy atom. The Balaban J connectivity index is 1.44. The Labute approximate surface area is 135 Å². The van der Waals surface area contributed by atoms with Gasteiger partial charge in [-0.25, -0.2) is 0 Å². The first kappa shape index (κ1) is 14.5. The van der Waals surface area contributed by atoms with Gasteiger partial charge >= 0.3 is 5.97 Å². The summed E-state index contributed by atoms with van der Waals surface area (Å²) in [4.78, 5) is 24.0. The van der Waals surface area contributed by atoms with Gasteiger partial charge in [0.1, 0.15) is 0 Å². The molecule has 0 aromatic heterocycles. The quantitative estimate of drug-likeness (QED) is 0.839. The lowest BCUT2D eigenvalue weighted by Gasteiger charge is -2.23. The highest BCUT2D eigenvalue weighted by molar-refractivity contribution is 5.86. The molecule has 3 aliphatic carbocycles. The van der Waals surface area contributed by atoms with Gasteiger partial charge in [0.2, 0.25) is 5.91 Å². The lowest BCUT2D eigenvalue weighted by Crippen LogP contribution is -2.39. The summed E-state index contributed by atoms with van der Waals surface area (Å²) in [6.45, 7) is 0.482. The van der Waals surface area contributed by atoms with Crippen molar-refractivity contribution in [1.82, 2.24) is 5.32 Å². The summed E-state index contributed by atoms with van der Waals surface area (Å²) in [5, 5.41) is 12.4. The highest BCUT2D eigenvalue weighted by Crippen LogP contribution is 2.48. The summed E-state index contributed by atoms with van der Waals surface area (Å²) < 4.78 is 0. The van der Waals surface area contributed by atoms with Crippen LogP contribution in [0, 0.1) is 23.7 Å². The van der Waals surface area contributed by atoms with Gasteiger partial charge in [0, 0.05) is 6.54 Å². The number of amides is 1. The molecule has 23 heavy (non-hydrogen) atoms. The zero-order valence-corrected chi connectivity index (χ0v) is 13.0. The van der Waals surface area contributed by atoms with Crippen LogP contribution >= 0.6 is 0 Å². The molecular formula is C19H21NO3. The average molecular weight is 311 g/mol. The van der Waals surface area contributed by atoms with Gasteiger partial charge in [-0.15, -0.1) is 0 Å². The van der Waals surface area contributed by atoms with Crippen LogP contribution in [-0.4, -0.2) is 17.0 Å². The van der Waals surface area contributed by atoms with E-state index < -0.39 is 17.8 Å². The van der Waals surface area contributed by atoms with Crippen LogP contribution in [0.15, 0.2) is 30.4 Å². The van der Waals surface area contributed by atoms with Gasteiger partial charge in [0.15, 0.2) is 0 Å². The van der Waals surface area contributed by atoms with Crippen molar-refractivity contribution in [2.75, 3.05) is 0 Å². The number of carboxylic acids is 1. The number of fused-ring (bicyclic) bond motifs is 3. The van der Waals surface area contributed by atoms with Crippen LogP contribution in [-0.2, 0) is 29.0 Å². The van der Waals surface area contributed by atoms with Gasteiger partial charge in [0.25, 0.3) is 0 Å². The molecule has 4 nitrogen and oxygen atoms in total. The van der Waals surface area contributed by atoms with E-state index in [4.69, 9.17) is 0 Å². The van der Waals surface area contributed by atoms with Gasteiger partial charge in [-0.1, -0.05) is 30.4 Å². The van der Waals surface area contributed by atoms with Crippen LogP contribution in [0.25, 0.3) is 0 Å². The van der Waals surface area contributed by atoms with E-state index in [1.54, 1.807) is 0 Å². The molecule has 120 valence electrons. The van der Waals surface area contributed by atoms with E-state index in [0.717, 1.165) is 24.8 Å². The van der Waals surface area contributed by atoms with Crippen molar-refractivity contribution in [3.63, 3.8) is 0 Å². The predicted molar refractivity (Wildman–Crippen MR) is 85.7 cm³/mol. The van der Waals surface area contributed by atoms with Crippen molar-refractivity contribution < 1.29 is 14.7 Å². The molecule has 0 aliphatic heterocycles. The summed E-state index contributed by atoms with van der Waals surface area (Å²) in [5.74, 6) is -1.84. The highest BCUT2D eigenvalue weighted by Gasteiger charge is 2.51. The maximum atomic E-state index is 12.5. The Morgan fingerprint density at radius 3 is 2.61 bits per heavy atom. The van der Waals surface area contributed by atoms with E-state index in [1.165, 1.54) is 17.5 Å². The second-order valence-corrected chi connectivity index (χ2v) is 7.01. The van der Waals surface area contributed by atoms with E-state index in [-0.39, 0.29) is 17.7 Å². The standard InChI is InChI=1S/C19H21NO3/c21-18(16-14-6-7-15(9-14)17(16)19(22)23)20-10-11-4-5-12-2-1-3-13(12)8-11/h4-8,14-17H,1-3,9-10H2,(H,20,21)(H,22,23). The normalized spacial score (nSPS) is 30.4. The van der Waals surface area contributed by atoms with E-state index >= 15 is 0 Å². The molecule has 1 saturated carbocycles. The molecule has 2 bridgehead atoms. The fourth-order valence-electron chi connectivity index (χ4n) is 4.56. The average Bonchev–Trinajstić information content (AvgIpc) is 3.25. The van der Waals surface area contributed by atoms with Crippen molar-refractivity contribution >= 4 is 11.9 Å². The molecule has 3 aliphatic rings. The third-order valence-electron chi connectivity index (χ3n) is 5.68. The minimum absolute atomic E-state index is 0.0215. The second kappa shape index (κ2) is 5.52. The van der Waals surface area contributed by atoms with Crippen molar-refractivity contribution in [2.45, 2.75) is 32.2 Å². The first-order valence-electron chi connectivity index (χ1n) is 8.43. The number of hydrogen-bond acceptors (Lipinski definition) is 2. The lowest BCUT2D eigenvalue weighted by atomic mass is 9.82. The van der Waals surface area contributed by atoms with Crippen molar-refractivity contribution in [3.8, 4) is 0 Å². The molecule has 4 atom stereocenters. The molecule has 1 aromatic rings. The Bertz CT molecular complexity index is 694. The van der Waals surface area contributed by atoms with Crippen molar-refractivity contribution in [3.05, 3.63) is 47.0 Å². The molecule has 0 heterocycles. The molecule has 0 saturated heterocycles. The molecule has 0 spiro atoms. The minimum atomic E-state index is -0.848. The van der Waals surface area contributed by atoms with Crippen LogP contribution < -0.4 is 5.32 Å². The van der Waals surface area contributed by atoms with Gasteiger partial charge in [-0.05, 0) is 54.2 Å². The van der Waals surface area contributed by atoms with Gasteiger partial charge in [0.05, 0.1) is 11.8 Å². The number of rotatable bonds is 4. The third kappa shape index (κ3) is 2.46. The third-order valence-corrected chi connectivity index (χ3v) is 5.68. The van der Waals surface area contributed by atoms with E-state index in [0.29, 0.717) is 6.54 Å². The Morgan fingerprint density at radius 1 is 1.09 bits per heavy atom. The largest absolute Gasteiger partial charge is 0.481 e. The number of benzene rings is 1. The van der Waals surface area contributed by atoms with E-state index in [2.05, 4.69) is 23.5 Å². The topological polar surface area (TPSA) is 66.4 Å². The summed E-state index contributed by atoms with van der Waals surface area (Å²) in [6, 6.07) is 6.40. The van der Waals surface area contributed by atoms with E-state index in [1.807, 2.05) is 12.2 Å². The van der Waals surface area contributed by atoms with Crippen molar-refractivity contribution in [1.29, 1.82) is 0 Å². The first-order valence-corrected chi connectivity index (χ1v) is 8.43. The number of aliphatic carboxylic acids is 1. The molecule has 1 amide bonds. The van der Waals surface area contributed by atoms with Crippen LogP contribution in [0.4, 0.5) is 0 Å². The lowest BCUT2D eigenvalue weighted by molar-refractivity contribution is -0.147. The first-order chi connectivity index (χ1) is 11.1. The summed E-state index contributed by atoms with van der Waals surface area (Å²) in [5.41, 5.74) is 3.91. The van der Waals surface area contributed by atoms with Crippen LogP contribution in [0.3, 0.4) is 0 Å². The van der Waals surface area contributed by atoms with Crippen molar-refractivity contribution in [2.24, 2.45) is 23.7 Å². The molecule has 2 N–H and O–H groups in total. The smallest absolute Gasteiger partial charge is 0.307 e. The Kier molecular flexibility index (Phi) is 3.47. The monoisotopic (exact) mass is 311 g/mol. The molecular weight excluding hydrogens is 290 g/mol. The number of carbonyl (C=O) groups excluding carboxylic acids is 1. The Hall–Kier alpha value is -2.10. The van der Waals surface area contributed by atoms with Gasteiger partial charge in [-0.3, -0.25) is 9.59 Å². The molecule has 1 fully saturated rings. The second-order valence-electron chi connectivity index (χ2n) is 7.01. The zero-order chi connectivity index (χ0) is 16.0. The fraction of sp³-hybridized carbons (Fsp3) is 0.474. The van der Waals surface area contributed by atoms with Crippen LogP contribution in [0.1, 0.15) is 29.5 Å². The van der Waals surface area contributed by atoms with E-state index in [9.17, 15) is 14.7 Å². The summed E-state index contributed by atoms with van der Waals surface area (Å²) >= 11 is 0. The molecule has 1 aromatic carbocycles. The molecule has 0 radical (unpaired) electrons. The number of nitrogens with one attached hydrogen (secondary N) is 1. The van der Waals surface area contributed by atoms with Crippen LogP contribution in [0.2, 0.25) is 0 Å². The predicted octanol–water partition coefficient (Wildman–Crippen LogP) is 2.31. The molecule has 4 unspecified atom stereocenters. The minimum Gasteiger partial charge on any atom is -0.481 e. The maximum absolute atomic E-state index is 12.5. The van der Waals surface area contributed by atoms with Crippen LogP contribution in [0.5, 0.6) is 0 Å². The maximum Gasteiger partial charge on any atom is 0.307 e. The highest BCUT2D eigenvalue weighted by atomic mass is 16.4. The van der Waals surface area contributed by atoms with Gasteiger partial charge in [-0.2, -0.15) is 0 Å². The number of aryl methyl sites for hydroxylation is 2. The number of carboxylic acid groups (broad SMARTS) is 1. The summed E-state index contributed by atoms with van der Waals surface area (Å²) in [7, 11) is 0. The summed E-state index contributed by atoms with van der Waals surface area (Å²) in [6.07, 6.45) is 8.27. The number of allylic oxidation sites excluding steroid dienone is 2. The number of carbonyl (C=O) groups is 2. The number of hydrogen-bond donors (Lipinski definition) is 2. The molecule has 4 rings (SSSR count). The fourth-order valence-corrected chi connectivity index (χ4v) is 4.56. The zero-order valence-electron chi connectivity index (χ0n) is 13.0. The molecule has 4 heteroatoms. The van der Waals surface area contributed by atoms with Gasteiger partial charge < -0.3 is 10.4 Å². The SMILES string of the molecule is O=C(O)C1C2C=CC(C2)C1C(=O)NCc1ccc2c(c1)CCC2.